The third-order valence-corrected chi connectivity index (χ3v) is 3.85. The second-order valence-corrected chi connectivity index (χ2v) is 6.66. The molecular weight excluding hydrogens is 364 g/mol. The van der Waals surface area contributed by atoms with Gasteiger partial charge in [-0.3, -0.25) is 0 Å². The summed E-state index contributed by atoms with van der Waals surface area (Å²) < 4.78 is 9.96. The quantitative estimate of drug-likeness (QED) is 0.338. The average Bonchev–Trinajstić information content (AvgIpc) is 2.73. The molecule has 0 saturated carbocycles. The molecule has 4 nitrogen and oxygen atoms in total. The summed E-state index contributed by atoms with van der Waals surface area (Å²) in [4.78, 5) is 22.0. The summed E-state index contributed by atoms with van der Waals surface area (Å²) in [5, 5.41) is 0. The molecule has 2 aromatic rings. The maximum atomic E-state index is 11.0. The molecule has 0 atom stereocenters. The van der Waals surface area contributed by atoms with Gasteiger partial charge >= 0.3 is 11.9 Å². The highest BCUT2D eigenvalue weighted by atomic mass is 16.5. The van der Waals surface area contributed by atoms with E-state index in [2.05, 4.69) is 25.3 Å². The molecule has 4 heteroatoms. The summed E-state index contributed by atoms with van der Waals surface area (Å²) in [6.07, 6.45) is 2.53. The van der Waals surface area contributed by atoms with Crippen molar-refractivity contribution < 1.29 is 19.1 Å². The normalized spacial score (nSPS) is 9.59. The summed E-state index contributed by atoms with van der Waals surface area (Å²) in [6, 6.07) is 20.1. The highest BCUT2D eigenvalue weighted by molar-refractivity contribution is 5.87. The molecule has 0 radical (unpaired) electrons. The number of rotatable bonds is 9. The maximum Gasteiger partial charge on any atom is 0.333 e. The number of hydrogen-bond acceptors (Lipinski definition) is 4. The number of carbonyl (C=O) groups excluding carboxylic acids is 2. The predicted octanol–water partition coefficient (Wildman–Crippen LogP) is 5.09. The van der Waals surface area contributed by atoms with Crippen LogP contribution in [0.2, 0.25) is 0 Å². The SMILES string of the molecule is C=C(C)C(=O)OCCCc1ccccc1.C=C(C)C(=O)OCCc1ccccc1. The zero-order valence-electron chi connectivity index (χ0n) is 17.4. The second-order valence-electron chi connectivity index (χ2n) is 6.66. The molecule has 0 aliphatic carbocycles. The van der Waals surface area contributed by atoms with Gasteiger partial charge in [-0.05, 0) is 37.8 Å². The van der Waals surface area contributed by atoms with Crippen LogP contribution in [0.5, 0.6) is 0 Å². The molecule has 0 spiro atoms. The van der Waals surface area contributed by atoms with Crippen LogP contribution in [-0.2, 0) is 31.9 Å². The first kappa shape index (κ1) is 23.9. The van der Waals surface area contributed by atoms with Crippen molar-refractivity contribution in [3.63, 3.8) is 0 Å². The van der Waals surface area contributed by atoms with Crippen molar-refractivity contribution in [3.8, 4) is 0 Å². The Labute approximate surface area is 173 Å². The van der Waals surface area contributed by atoms with E-state index in [0.717, 1.165) is 19.3 Å². The minimum Gasteiger partial charge on any atom is -0.462 e. The first-order chi connectivity index (χ1) is 13.9. The lowest BCUT2D eigenvalue weighted by atomic mass is 10.1. The second kappa shape index (κ2) is 13.9. The molecule has 0 aliphatic heterocycles. The first-order valence-corrected chi connectivity index (χ1v) is 9.63. The van der Waals surface area contributed by atoms with Crippen LogP contribution in [0.3, 0.4) is 0 Å². The van der Waals surface area contributed by atoms with Crippen LogP contribution in [0.4, 0.5) is 0 Å². The fraction of sp³-hybridized carbons (Fsp3) is 0.280. The van der Waals surface area contributed by atoms with Gasteiger partial charge in [-0.2, -0.15) is 0 Å². The van der Waals surface area contributed by atoms with Crippen LogP contribution in [0.25, 0.3) is 0 Å². The van der Waals surface area contributed by atoms with E-state index in [1.807, 2.05) is 48.5 Å². The number of hydrogen-bond donors (Lipinski definition) is 0. The molecule has 2 rings (SSSR count). The number of esters is 2. The Morgan fingerprint density at radius 1 is 0.690 bits per heavy atom. The Morgan fingerprint density at radius 2 is 1.10 bits per heavy atom. The fourth-order valence-electron chi connectivity index (χ4n) is 2.24. The van der Waals surface area contributed by atoms with Gasteiger partial charge in [0.15, 0.2) is 0 Å². The molecule has 0 unspecified atom stereocenters. The molecule has 0 aliphatic rings. The Balaban J connectivity index is 0.000000291. The summed E-state index contributed by atoms with van der Waals surface area (Å²) >= 11 is 0. The van der Waals surface area contributed by atoms with Crippen molar-refractivity contribution >= 4 is 11.9 Å². The molecule has 0 N–H and O–H groups in total. The maximum absolute atomic E-state index is 11.0. The lowest BCUT2D eigenvalue weighted by molar-refractivity contribution is -0.139. The van der Waals surface area contributed by atoms with E-state index >= 15 is 0 Å². The van der Waals surface area contributed by atoms with Crippen LogP contribution in [-0.4, -0.2) is 25.2 Å². The van der Waals surface area contributed by atoms with E-state index in [1.54, 1.807) is 13.8 Å². The van der Waals surface area contributed by atoms with Crippen LogP contribution in [0, 0.1) is 0 Å². The van der Waals surface area contributed by atoms with Gasteiger partial charge in [0.05, 0.1) is 13.2 Å². The smallest absolute Gasteiger partial charge is 0.333 e. The molecule has 0 fully saturated rings. The van der Waals surface area contributed by atoms with Crippen molar-refractivity contribution in [1.29, 1.82) is 0 Å². The van der Waals surface area contributed by atoms with Crippen molar-refractivity contribution in [2.75, 3.05) is 13.2 Å². The van der Waals surface area contributed by atoms with Crippen LogP contribution in [0.15, 0.2) is 85.0 Å². The predicted molar refractivity (Wildman–Crippen MR) is 116 cm³/mol. The van der Waals surface area contributed by atoms with Crippen LogP contribution < -0.4 is 0 Å². The van der Waals surface area contributed by atoms with Gasteiger partial charge in [-0.15, -0.1) is 0 Å². The largest absolute Gasteiger partial charge is 0.462 e. The Morgan fingerprint density at radius 3 is 1.55 bits per heavy atom. The lowest BCUT2D eigenvalue weighted by Gasteiger charge is -2.04. The zero-order valence-corrected chi connectivity index (χ0v) is 17.4. The third kappa shape index (κ3) is 11.3. The molecule has 0 saturated heterocycles. The first-order valence-electron chi connectivity index (χ1n) is 9.63. The topological polar surface area (TPSA) is 52.6 Å². The Kier molecular flexibility index (Phi) is 11.5. The minimum atomic E-state index is -0.319. The van der Waals surface area contributed by atoms with Crippen LogP contribution >= 0.6 is 0 Å². The molecule has 154 valence electrons. The molecule has 2 aromatic carbocycles. The van der Waals surface area contributed by atoms with Gasteiger partial charge in [0.1, 0.15) is 0 Å². The van der Waals surface area contributed by atoms with E-state index in [1.165, 1.54) is 11.1 Å². The highest BCUT2D eigenvalue weighted by Crippen LogP contribution is 2.03. The van der Waals surface area contributed by atoms with Crippen molar-refractivity contribution in [3.05, 3.63) is 96.1 Å². The molecule has 0 amide bonds. The third-order valence-electron chi connectivity index (χ3n) is 3.85. The van der Waals surface area contributed by atoms with E-state index in [4.69, 9.17) is 9.47 Å². The molecular formula is C25H30O4. The van der Waals surface area contributed by atoms with Crippen molar-refractivity contribution in [2.24, 2.45) is 0 Å². The molecule has 0 aromatic heterocycles. The van der Waals surface area contributed by atoms with Crippen molar-refractivity contribution in [1.82, 2.24) is 0 Å². The minimum absolute atomic E-state index is 0.303. The number of aryl methyl sites for hydroxylation is 1. The summed E-state index contributed by atoms with van der Waals surface area (Å²) in [5.74, 6) is -0.621. The molecule has 0 heterocycles. The Bertz CT molecular complexity index is 779. The van der Waals surface area contributed by atoms with Gasteiger partial charge in [0, 0.05) is 17.6 Å². The van der Waals surface area contributed by atoms with E-state index in [9.17, 15) is 9.59 Å². The molecule has 0 bridgehead atoms. The Hall–Kier alpha value is -3.14. The summed E-state index contributed by atoms with van der Waals surface area (Å²) in [5.41, 5.74) is 3.33. The van der Waals surface area contributed by atoms with Gasteiger partial charge in [0.2, 0.25) is 0 Å². The van der Waals surface area contributed by atoms with Crippen molar-refractivity contribution in [2.45, 2.75) is 33.1 Å². The molecule has 29 heavy (non-hydrogen) atoms. The summed E-state index contributed by atoms with van der Waals surface area (Å²) in [7, 11) is 0. The van der Waals surface area contributed by atoms with Gasteiger partial charge in [-0.1, -0.05) is 73.8 Å². The van der Waals surface area contributed by atoms with E-state index < -0.39 is 0 Å². The van der Waals surface area contributed by atoms with Gasteiger partial charge in [0.25, 0.3) is 0 Å². The number of ether oxygens (including phenoxy) is 2. The summed E-state index contributed by atoms with van der Waals surface area (Å²) in [6.45, 7) is 11.2. The van der Waals surface area contributed by atoms with Gasteiger partial charge in [-0.25, -0.2) is 9.59 Å². The van der Waals surface area contributed by atoms with Gasteiger partial charge < -0.3 is 9.47 Å². The zero-order chi connectivity index (χ0) is 21.5. The van der Waals surface area contributed by atoms with Crippen LogP contribution in [0.1, 0.15) is 31.4 Å². The van der Waals surface area contributed by atoms with E-state index in [-0.39, 0.29) is 11.9 Å². The number of benzene rings is 2. The standard InChI is InChI=1S/C13H16O2.C12H14O2/c1-11(2)13(14)15-10-6-9-12-7-4-3-5-8-12;1-10(2)12(13)14-9-8-11-6-4-3-5-7-11/h3-5,7-8H,1,6,9-10H2,2H3;3-7H,1,8-9H2,2H3. The average molecular weight is 395 g/mol. The fourth-order valence-corrected chi connectivity index (χ4v) is 2.24. The highest BCUT2D eigenvalue weighted by Gasteiger charge is 2.02. The lowest BCUT2D eigenvalue weighted by Crippen LogP contribution is -2.07. The number of carbonyl (C=O) groups is 2. The van der Waals surface area contributed by atoms with E-state index in [0.29, 0.717) is 24.4 Å². The monoisotopic (exact) mass is 394 g/mol.